The number of benzene rings is 3. The molecule has 3 aromatic carbocycles. The van der Waals surface area contributed by atoms with Crippen LogP contribution in [0.5, 0.6) is 0 Å². The molecular formula is C52H59F2N7O5. The van der Waals surface area contributed by atoms with Gasteiger partial charge in [0.1, 0.15) is 11.6 Å². The van der Waals surface area contributed by atoms with E-state index in [1.54, 1.807) is 30.5 Å². The zero-order chi connectivity index (χ0) is 46.6. The van der Waals surface area contributed by atoms with E-state index in [0.29, 0.717) is 27.9 Å². The number of ether oxygens (including phenoxy) is 2. The normalized spacial score (nSPS) is 25.0. The number of aromatic amines is 2. The number of carbonyl (C=O) groups is 3. The number of fused-ring (bicyclic) bond motifs is 6. The third kappa shape index (κ3) is 6.99. The van der Waals surface area contributed by atoms with Gasteiger partial charge in [0, 0.05) is 40.3 Å². The second kappa shape index (κ2) is 15.8. The van der Waals surface area contributed by atoms with Crippen LogP contribution in [0.1, 0.15) is 108 Å². The molecule has 2 aromatic heterocycles. The average Bonchev–Trinajstić information content (AvgIpc) is 3.94. The van der Waals surface area contributed by atoms with Crippen LogP contribution < -0.4 is 10.6 Å². The first kappa shape index (κ1) is 43.8. The highest BCUT2D eigenvalue weighted by Crippen LogP contribution is 2.64. The monoisotopic (exact) mass is 899 g/mol. The zero-order valence-corrected chi connectivity index (χ0v) is 38.7. The highest BCUT2D eigenvalue weighted by atomic mass is 19.3. The van der Waals surface area contributed by atoms with Crippen molar-refractivity contribution in [1.82, 2.24) is 35.5 Å². The fourth-order valence-corrected chi connectivity index (χ4v) is 12.2. The maximum atomic E-state index is 16.7. The molecule has 4 aliphatic carbocycles. The fourth-order valence-electron chi connectivity index (χ4n) is 12.2. The number of rotatable bonds is 12. The number of carbonyl (C=O) groups excluding carboxylic acids is 3. The Kier molecular flexibility index (Phi) is 10.5. The third-order valence-corrected chi connectivity index (χ3v) is 16.1. The average molecular weight is 900 g/mol. The molecule has 4 fully saturated rings. The van der Waals surface area contributed by atoms with Crippen LogP contribution >= 0.6 is 0 Å². The smallest absolute Gasteiger partial charge is 0.407 e. The van der Waals surface area contributed by atoms with Crippen LogP contribution in [0.3, 0.4) is 0 Å². The van der Waals surface area contributed by atoms with Gasteiger partial charge in [0.05, 0.1) is 55.3 Å². The van der Waals surface area contributed by atoms with E-state index in [9.17, 15) is 14.4 Å². The minimum absolute atomic E-state index is 0.000549. The van der Waals surface area contributed by atoms with E-state index in [4.69, 9.17) is 19.4 Å². The maximum absolute atomic E-state index is 16.7. The lowest BCUT2D eigenvalue weighted by molar-refractivity contribution is -0.135. The van der Waals surface area contributed by atoms with Gasteiger partial charge in [-0.25, -0.2) is 19.6 Å². The number of hydrogen-bond donors (Lipinski definition) is 4. The maximum Gasteiger partial charge on any atom is 0.407 e. The Morgan fingerprint density at radius 2 is 1.45 bits per heavy atom. The molecular weight excluding hydrogens is 841 g/mol. The van der Waals surface area contributed by atoms with Crippen molar-refractivity contribution < 1.29 is 32.6 Å². The molecule has 5 aliphatic rings. The molecule has 5 aromatic rings. The number of aromatic nitrogens is 4. The summed E-state index contributed by atoms with van der Waals surface area (Å²) in [7, 11) is 2.65. The number of Topliss-reactive ketones (excluding diaryl/α,β-unsaturated/α-hetero) is 1. The number of likely N-dealkylation sites (tertiary alicyclic amines) is 1. The number of halogens is 2. The van der Waals surface area contributed by atoms with Gasteiger partial charge in [0.25, 0.3) is 5.92 Å². The van der Waals surface area contributed by atoms with E-state index < -0.39 is 29.6 Å². The van der Waals surface area contributed by atoms with Gasteiger partial charge in [-0.3, -0.25) is 4.79 Å². The number of methoxy groups -OCH3 is 2. The van der Waals surface area contributed by atoms with Crippen LogP contribution in [0.2, 0.25) is 0 Å². The molecule has 346 valence electrons. The predicted molar refractivity (Wildman–Crippen MR) is 247 cm³/mol. The molecule has 66 heavy (non-hydrogen) atoms. The number of ketones is 1. The summed E-state index contributed by atoms with van der Waals surface area (Å²) in [6, 6.07) is 15.1. The molecule has 1 saturated heterocycles. The minimum atomic E-state index is -3.25. The van der Waals surface area contributed by atoms with Crippen molar-refractivity contribution in [1.29, 1.82) is 0 Å². The first-order chi connectivity index (χ1) is 31.5. The number of imidazole rings is 2. The number of H-pyrrole nitrogens is 2. The van der Waals surface area contributed by atoms with Gasteiger partial charge < -0.3 is 35.0 Å². The highest BCUT2D eigenvalue weighted by Gasteiger charge is 2.62. The summed E-state index contributed by atoms with van der Waals surface area (Å²) in [5, 5.41) is 5.76. The summed E-state index contributed by atoms with van der Waals surface area (Å²) in [6.45, 7) is 15.2. The number of nitrogens with zero attached hydrogens (tertiary/aromatic N) is 3. The molecule has 1 aliphatic heterocycles. The molecule has 10 rings (SSSR count). The summed E-state index contributed by atoms with van der Waals surface area (Å²) in [5.41, 5.74) is 5.31. The topological polar surface area (TPSA) is 154 Å². The van der Waals surface area contributed by atoms with Crippen LogP contribution in [0, 0.1) is 34.5 Å². The van der Waals surface area contributed by atoms with Gasteiger partial charge in [0.15, 0.2) is 5.78 Å². The van der Waals surface area contributed by atoms with E-state index in [1.165, 1.54) is 14.2 Å². The van der Waals surface area contributed by atoms with E-state index in [-0.39, 0.29) is 64.0 Å². The van der Waals surface area contributed by atoms with Crippen molar-refractivity contribution in [2.45, 2.75) is 103 Å². The molecule has 14 heteroatoms. The van der Waals surface area contributed by atoms with Gasteiger partial charge in [-0.05, 0) is 114 Å². The van der Waals surface area contributed by atoms with Crippen molar-refractivity contribution in [2.75, 3.05) is 20.8 Å². The summed E-state index contributed by atoms with van der Waals surface area (Å²) in [6.07, 6.45) is 6.56. The van der Waals surface area contributed by atoms with Gasteiger partial charge >= 0.3 is 12.2 Å². The predicted octanol–water partition coefficient (Wildman–Crippen LogP) is 10.6. The number of alkyl halides is 2. The zero-order valence-electron chi connectivity index (χ0n) is 38.7. The molecule has 2 bridgehead atoms. The minimum Gasteiger partial charge on any atom is -0.453 e. The second-order valence-electron chi connectivity index (χ2n) is 20.6. The lowest BCUT2D eigenvalue weighted by Gasteiger charge is -2.41. The van der Waals surface area contributed by atoms with Crippen LogP contribution in [-0.2, 0) is 20.2 Å². The second-order valence-corrected chi connectivity index (χ2v) is 20.6. The van der Waals surface area contributed by atoms with Crippen LogP contribution in [-0.4, -0.2) is 75.7 Å². The van der Waals surface area contributed by atoms with Crippen molar-refractivity contribution in [3.8, 4) is 33.5 Å². The number of hydrogen-bond acceptors (Lipinski definition) is 8. The SMILES string of the molecule is C=C(C(NC(=O)OC)C(C)C)N1CC2(CC2)CC1c1ncc(-c2ccc3c(c2)C(F)(F)c2cc(-c4ccc5nc(C6C7CCC(C7)C6(C)C(=O)C(NC(=O)OC)C(C)C)[nH]c5c4)ccc2-3)[nH]1. The molecule has 4 N–H and O–H groups in total. The van der Waals surface area contributed by atoms with Crippen molar-refractivity contribution >= 4 is 29.0 Å². The van der Waals surface area contributed by atoms with E-state index in [1.807, 2.05) is 65.0 Å². The van der Waals surface area contributed by atoms with E-state index >= 15 is 8.78 Å². The fraction of sp³-hybridized carbons (Fsp3) is 0.481. The quantitative estimate of drug-likeness (QED) is 0.0965. The number of alkyl carbamates (subject to hydrolysis) is 2. The molecule has 2 amide bonds. The van der Waals surface area contributed by atoms with E-state index in [2.05, 4.69) is 32.1 Å². The standard InChI is InChI=1S/C52H59F2N7O5/c1-26(2)43(59-48(63)65-7)28(5)61-25-51(17-18-51)23-41(61)46-55-24-40(58-46)31-11-15-35-34-14-10-29(20-36(34)52(53,54)37(35)21-31)30-12-16-38-39(22-30)57-47(56-38)42-32-9-13-33(19-32)50(42,6)45(62)44(27(3)4)60-49(64)66-8/h10-12,14-16,20-22,24,26-27,32-33,41-44H,5,9,13,17-19,23,25H2,1-4,6-8H3,(H,55,58)(H,56,57)(H,59,63)(H,60,64). The summed E-state index contributed by atoms with van der Waals surface area (Å²) in [5.74, 6) is -1.57. The van der Waals surface area contributed by atoms with Crippen LogP contribution in [0.4, 0.5) is 18.4 Å². The lowest BCUT2D eigenvalue weighted by atomic mass is 9.62. The molecule has 7 unspecified atom stereocenters. The Morgan fingerprint density at radius 3 is 2.11 bits per heavy atom. The summed E-state index contributed by atoms with van der Waals surface area (Å²) in [4.78, 5) is 58.2. The largest absolute Gasteiger partial charge is 0.453 e. The molecule has 12 nitrogen and oxygen atoms in total. The Balaban J connectivity index is 0.904. The highest BCUT2D eigenvalue weighted by molar-refractivity contribution is 5.94. The summed E-state index contributed by atoms with van der Waals surface area (Å²) < 4.78 is 43.3. The van der Waals surface area contributed by atoms with Gasteiger partial charge in [-0.15, -0.1) is 0 Å². The Hall–Kier alpha value is -6.05. The van der Waals surface area contributed by atoms with Gasteiger partial charge in [-0.1, -0.05) is 71.5 Å². The first-order valence-electron chi connectivity index (χ1n) is 23.4. The van der Waals surface area contributed by atoms with E-state index in [0.717, 1.165) is 79.0 Å². The van der Waals surface area contributed by atoms with Gasteiger partial charge in [0.2, 0.25) is 0 Å². The van der Waals surface area contributed by atoms with Gasteiger partial charge in [-0.2, -0.15) is 8.78 Å². The molecule has 0 radical (unpaired) electrons. The molecule has 3 heterocycles. The lowest BCUT2D eigenvalue weighted by Crippen LogP contribution is -2.53. The molecule has 3 saturated carbocycles. The first-order valence-corrected chi connectivity index (χ1v) is 23.4. The Morgan fingerprint density at radius 1 is 0.833 bits per heavy atom. The van der Waals surface area contributed by atoms with Crippen molar-refractivity contribution in [3.63, 3.8) is 0 Å². The Labute approximate surface area is 383 Å². The van der Waals surface area contributed by atoms with Crippen LogP contribution in [0.15, 0.2) is 73.1 Å². The van der Waals surface area contributed by atoms with Crippen molar-refractivity contribution in [2.24, 2.45) is 34.5 Å². The van der Waals surface area contributed by atoms with Crippen LogP contribution in [0.25, 0.3) is 44.5 Å². The number of nitrogens with one attached hydrogen (secondary N) is 4. The summed E-state index contributed by atoms with van der Waals surface area (Å²) >= 11 is 0. The van der Waals surface area contributed by atoms with Crippen molar-refractivity contribution in [3.05, 3.63) is 95.8 Å². The number of amides is 2. The molecule has 7 atom stereocenters. The third-order valence-electron chi connectivity index (χ3n) is 16.1. The molecule has 1 spiro atoms. The Bertz CT molecular complexity index is 2790.